The molecule has 2 saturated heterocycles. The van der Waals surface area contributed by atoms with E-state index in [2.05, 4.69) is 22.5 Å². The monoisotopic (exact) mass is 356 g/mol. The van der Waals surface area contributed by atoms with Gasteiger partial charge < -0.3 is 20.3 Å². The summed E-state index contributed by atoms with van der Waals surface area (Å²) < 4.78 is 6.08. The number of thioether (sulfide) groups is 1. The highest BCUT2D eigenvalue weighted by Gasteiger charge is 2.40. The summed E-state index contributed by atoms with van der Waals surface area (Å²) in [6, 6.07) is 0.361. The predicted molar refractivity (Wildman–Crippen MR) is 101 cm³/mol. The quantitative estimate of drug-likeness (QED) is 0.429. The minimum atomic E-state index is 0.0160. The van der Waals surface area contributed by atoms with Crippen LogP contribution in [0.25, 0.3) is 0 Å². The van der Waals surface area contributed by atoms with Gasteiger partial charge in [0.25, 0.3) is 0 Å². The third-order valence-corrected chi connectivity index (χ3v) is 5.82. The lowest BCUT2D eigenvalue weighted by atomic mass is 9.90. The smallest absolute Gasteiger partial charge is 0.243 e. The van der Waals surface area contributed by atoms with Crippen molar-refractivity contribution < 1.29 is 9.53 Å². The highest BCUT2D eigenvalue weighted by molar-refractivity contribution is 7.99. The zero-order valence-corrected chi connectivity index (χ0v) is 16.1. The zero-order valence-electron chi connectivity index (χ0n) is 15.3. The zero-order chi connectivity index (χ0) is 17.4. The van der Waals surface area contributed by atoms with Gasteiger partial charge in [0, 0.05) is 39.0 Å². The standard InChI is InChI=1S/C17H32N4O2S/c1-4-5-8-18-16(19-12-15(22)21(2)3)20-14-6-9-23-17(11-14)7-10-24-13-17/h14H,4-13H2,1-3H3,(H2,18,19,20). The molecule has 2 rings (SSSR count). The largest absolute Gasteiger partial charge is 0.374 e. The van der Waals surface area contributed by atoms with Gasteiger partial charge in [-0.2, -0.15) is 11.8 Å². The molecule has 1 spiro atoms. The molecule has 138 valence electrons. The van der Waals surface area contributed by atoms with Crippen LogP contribution in [0.4, 0.5) is 0 Å². The van der Waals surface area contributed by atoms with Crippen molar-refractivity contribution in [3.63, 3.8) is 0 Å². The maximum atomic E-state index is 11.8. The molecular formula is C17H32N4O2S. The SMILES string of the molecule is CCCCNC(=NCC(=O)N(C)C)NC1CCOC2(CCSC2)C1. The van der Waals surface area contributed by atoms with Crippen molar-refractivity contribution >= 4 is 23.6 Å². The van der Waals surface area contributed by atoms with Crippen LogP contribution in [-0.2, 0) is 9.53 Å². The molecular weight excluding hydrogens is 324 g/mol. The first-order valence-corrected chi connectivity index (χ1v) is 10.2. The Morgan fingerprint density at radius 3 is 2.96 bits per heavy atom. The van der Waals surface area contributed by atoms with Crippen LogP contribution in [-0.4, -0.2) is 73.7 Å². The lowest BCUT2D eigenvalue weighted by Gasteiger charge is -2.38. The number of aliphatic imine (C=N–C) groups is 1. The van der Waals surface area contributed by atoms with E-state index in [9.17, 15) is 4.79 Å². The summed E-state index contributed by atoms with van der Waals surface area (Å²) in [5.41, 5.74) is 0.0502. The van der Waals surface area contributed by atoms with Crippen LogP contribution in [0.5, 0.6) is 0 Å². The Bertz CT molecular complexity index is 436. The number of nitrogens with zero attached hydrogens (tertiary/aromatic N) is 2. The molecule has 0 radical (unpaired) electrons. The van der Waals surface area contributed by atoms with Gasteiger partial charge in [0.2, 0.25) is 5.91 Å². The maximum absolute atomic E-state index is 11.8. The topological polar surface area (TPSA) is 66.0 Å². The van der Waals surface area contributed by atoms with Gasteiger partial charge in [0.1, 0.15) is 6.54 Å². The Labute approximate surface area is 150 Å². The third kappa shape index (κ3) is 5.84. The average Bonchev–Trinajstić information content (AvgIpc) is 2.99. The molecule has 0 aliphatic carbocycles. The van der Waals surface area contributed by atoms with E-state index in [-0.39, 0.29) is 18.1 Å². The summed E-state index contributed by atoms with van der Waals surface area (Å²) in [4.78, 5) is 17.9. The highest BCUT2D eigenvalue weighted by Crippen LogP contribution is 2.38. The Balaban J connectivity index is 1.92. The maximum Gasteiger partial charge on any atom is 0.243 e. The number of hydrogen-bond acceptors (Lipinski definition) is 4. The van der Waals surface area contributed by atoms with Crippen LogP contribution in [0, 0.1) is 0 Å². The Hall–Kier alpha value is -0.950. The molecule has 2 unspecified atom stereocenters. The number of nitrogens with one attached hydrogen (secondary N) is 2. The first kappa shape index (κ1) is 19.4. The number of guanidine groups is 1. The molecule has 1 amide bonds. The van der Waals surface area contributed by atoms with Crippen LogP contribution in [0.3, 0.4) is 0 Å². The predicted octanol–water partition coefficient (Wildman–Crippen LogP) is 1.46. The van der Waals surface area contributed by atoms with E-state index in [0.29, 0.717) is 6.04 Å². The van der Waals surface area contributed by atoms with E-state index in [1.165, 1.54) is 5.75 Å². The van der Waals surface area contributed by atoms with Gasteiger partial charge in [-0.15, -0.1) is 0 Å². The lowest BCUT2D eigenvalue weighted by molar-refractivity contribution is -0.127. The molecule has 0 aromatic carbocycles. The fourth-order valence-corrected chi connectivity index (χ4v) is 4.41. The van der Waals surface area contributed by atoms with Crippen LogP contribution in [0.1, 0.15) is 39.0 Å². The second-order valence-corrected chi connectivity index (χ2v) is 8.01. The summed E-state index contributed by atoms with van der Waals surface area (Å²) in [7, 11) is 3.52. The van der Waals surface area contributed by atoms with E-state index in [4.69, 9.17) is 4.74 Å². The molecule has 6 nitrogen and oxygen atoms in total. The lowest BCUT2D eigenvalue weighted by Crippen LogP contribution is -2.51. The molecule has 7 heteroatoms. The van der Waals surface area contributed by atoms with E-state index in [1.54, 1.807) is 19.0 Å². The summed E-state index contributed by atoms with van der Waals surface area (Å²) in [6.07, 6.45) is 5.38. The van der Waals surface area contributed by atoms with Gasteiger partial charge in [-0.1, -0.05) is 13.3 Å². The second kappa shape index (κ2) is 9.51. The molecule has 0 bridgehead atoms. The number of amides is 1. The molecule has 0 aromatic rings. The fourth-order valence-electron chi connectivity index (χ4n) is 3.03. The van der Waals surface area contributed by atoms with Crippen LogP contribution >= 0.6 is 11.8 Å². The highest BCUT2D eigenvalue weighted by atomic mass is 32.2. The van der Waals surface area contributed by atoms with Crippen LogP contribution in [0.15, 0.2) is 4.99 Å². The van der Waals surface area contributed by atoms with Crippen LogP contribution < -0.4 is 10.6 Å². The van der Waals surface area contributed by atoms with Gasteiger partial charge in [-0.05, 0) is 31.4 Å². The third-order valence-electron chi connectivity index (χ3n) is 4.59. The van der Waals surface area contributed by atoms with Crippen molar-refractivity contribution in [2.45, 2.75) is 50.7 Å². The van der Waals surface area contributed by atoms with Gasteiger partial charge >= 0.3 is 0 Å². The first-order chi connectivity index (χ1) is 11.5. The normalized spacial score (nSPS) is 27.3. The molecule has 24 heavy (non-hydrogen) atoms. The Kier molecular flexibility index (Phi) is 7.68. The summed E-state index contributed by atoms with van der Waals surface area (Å²) in [5, 5.41) is 6.90. The molecule has 2 fully saturated rings. The van der Waals surface area contributed by atoms with Gasteiger partial charge in [-0.3, -0.25) is 4.79 Å². The Morgan fingerprint density at radius 1 is 1.46 bits per heavy atom. The number of hydrogen-bond donors (Lipinski definition) is 2. The summed E-state index contributed by atoms with van der Waals surface area (Å²) >= 11 is 1.99. The first-order valence-electron chi connectivity index (χ1n) is 9.01. The number of unbranched alkanes of at least 4 members (excludes halogenated alkanes) is 1. The van der Waals surface area contributed by atoms with Crippen molar-refractivity contribution in [1.29, 1.82) is 0 Å². The number of rotatable bonds is 6. The van der Waals surface area contributed by atoms with Crippen molar-refractivity contribution in [2.75, 3.05) is 45.3 Å². The molecule has 2 aliphatic heterocycles. The molecule has 2 heterocycles. The van der Waals surface area contributed by atoms with E-state index in [1.807, 2.05) is 11.8 Å². The second-order valence-electron chi connectivity index (χ2n) is 6.90. The number of likely N-dealkylation sites (N-methyl/N-ethyl adjacent to an activating group) is 1. The van der Waals surface area contributed by atoms with E-state index in [0.717, 1.165) is 57.0 Å². The van der Waals surface area contributed by atoms with Gasteiger partial charge in [0.05, 0.1) is 5.60 Å². The number of carbonyl (C=O) groups is 1. The minimum Gasteiger partial charge on any atom is -0.374 e. The Morgan fingerprint density at radius 2 is 2.29 bits per heavy atom. The van der Waals surface area contributed by atoms with E-state index >= 15 is 0 Å². The van der Waals surface area contributed by atoms with Crippen molar-refractivity contribution in [3.05, 3.63) is 0 Å². The van der Waals surface area contributed by atoms with E-state index < -0.39 is 0 Å². The molecule has 2 atom stereocenters. The molecule has 2 aliphatic rings. The van der Waals surface area contributed by atoms with Gasteiger partial charge in [0.15, 0.2) is 5.96 Å². The minimum absolute atomic E-state index is 0.0160. The molecule has 0 saturated carbocycles. The van der Waals surface area contributed by atoms with Crippen molar-refractivity contribution in [1.82, 2.24) is 15.5 Å². The molecule has 2 N–H and O–H groups in total. The molecule has 0 aromatic heterocycles. The summed E-state index contributed by atoms with van der Waals surface area (Å²) in [5.74, 6) is 3.06. The summed E-state index contributed by atoms with van der Waals surface area (Å²) in [6.45, 7) is 4.03. The number of ether oxygens (including phenoxy) is 1. The average molecular weight is 357 g/mol. The van der Waals surface area contributed by atoms with Gasteiger partial charge in [-0.25, -0.2) is 4.99 Å². The van der Waals surface area contributed by atoms with Crippen molar-refractivity contribution in [3.8, 4) is 0 Å². The fraction of sp³-hybridized carbons (Fsp3) is 0.882. The van der Waals surface area contributed by atoms with Crippen molar-refractivity contribution in [2.24, 2.45) is 4.99 Å². The number of carbonyl (C=O) groups excluding carboxylic acids is 1. The van der Waals surface area contributed by atoms with Crippen LogP contribution in [0.2, 0.25) is 0 Å².